The first-order chi connectivity index (χ1) is 18.0. The highest BCUT2D eigenvalue weighted by Gasteiger charge is 2.36. The van der Waals surface area contributed by atoms with E-state index in [1.807, 2.05) is 20.8 Å². The second kappa shape index (κ2) is 12.4. The Labute approximate surface area is 223 Å². The van der Waals surface area contributed by atoms with Crippen molar-refractivity contribution >= 4 is 23.1 Å². The number of hydrogen-bond donors (Lipinski definition) is 1. The fourth-order valence-corrected chi connectivity index (χ4v) is 5.00. The molecular weight excluding hydrogens is 490 g/mol. The fraction of sp³-hybridized carbons (Fsp3) is 0.483. The monoisotopic (exact) mass is 528 g/mol. The summed E-state index contributed by atoms with van der Waals surface area (Å²) < 4.78 is 37.3. The summed E-state index contributed by atoms with van der Waals surface area (Å²) in [6.45, 7) is 14.3. The number of ether oxygens (including phenoxy) is 1. The molecular formula is C29H38F2N4O3. The number of halogens is 2. The van der Waals surface area contributed by atoms with Crippen LogP contribution in [-0.4, -0.2) is 47.0 Å². The highest BCUT2D eigenvalue weighted by atomic mass is 19.1. The van der Waals surface area contributed by atoms with Crippen LogP contribution in [0, 0.1) is 17.7 Å². The Morgan fingerprint density at radius 3 is 2.58 bits per heavy atom. The molecule has 2 aliphatic heterocycles. The van der Waals surface area contributed by atoms with E-state index in [9.17, 15) is 9.59 Å². The molecule has 0 bridgehead atoms. The predicted octanol–water partition coefficient (Wildman–Crippen LogP) is 5.79. The lowest BCUT2D eigenvalue weighted by Crippen LogP contribution is -2.43. The molecule has 0 aromatic heterocycles. The third kappa shape index (κ3) is 5.81. The van der Waals surface area contributed by atoms with Crippen LogP contribution in [0.1, 0.15) is 76.2 Å². The highest BCUT2D eigenvalue weighted by Crippen LogP contribution is 2.43. The third-order valence-electron chi connectivity index (χ3n) is 7.22. The van der Waals surface area contributed by atoms with Crippen LogP contribution in [0.4, 0.5) is 8.78 Å². The number of rotatable bonds is 9. The summed E-state index contributed by atoms with van der Waals surface area (Å²) in [4.78, 5) is 31.6. The average Bonchev–Trinajstić information content (AvgIpc) is 2.90. The second-order valence-electron chi connectivity index (χ2n) is 9.72. The normalized spacial score (nSPS) is 19.9. The van der Waals surface area contributed by atoms with Crippen molar-refractivity contribution in [3.05, 3.63) is 59.2 Å². The Kier molecular flexibility index (Phi) is 9.46. The van der Waals surface area contributed by atoms with Crippen LogP contribution >= 0.6 is 0 Å². The van der Waals surface area contributed by atoms with Crippen LogP contribution in [0.2, 0.25) is 0 Å². The Balaban J connectivity index is 2.25. The van der Waals surface area contributed by atoms with Crippen molar-refractivity contribution < 1.29 is 23.1 Å². The van der Waals surface area contributed by atoms with E-state index in [0.717, 1.165) is 12.6 Å². The summed E-state index contributed by atoms with van der Waals surface area (Å²) in [5.74, 6) is -1.98. The van der Waals surface area contributed by atoms with Crippen LogP contribution in [-0.2, 0) is 4.79 Å². The molecule has 0 radical (unpaired) electrons. The van der Waals surface area contributed by atoms with Crippen LogP contribution in [0.3, 0.4) is 0 Å². The number of allylic oxidation sites excluding steroid dienone is 1. The number of likely N-dealkylation sites (tertiary alicyclic amines) is 1. The molecule has 1 aromatic carbocycles. The largest absolute Gasteiger partial charge is 0.493 e. The molecule has 3 rings (SSSR count). The van der Waals surface area contributed by atoms with E-state index >= 15 is 8.78 Å². The SMILES string of the molecule is C=C(C1CCCN(C(=O)CC)C1)N1C(F)=CN=C(N)/C1=C(\c1c(F)cc(C(C)=O)cc1OCC)[C@H](C)CC. The van der Waals surface area contributed by atoms with E-state index in [-0.39, 0.29) is 58.5 Å². The molecule has 2 aliphatic rings. The number of amides is 1. The van der Waals surface area contributed by atoms with Crippen LogP contribution in [0.5, 0.6) is 5.75 Å². The minimum atomic E-state index is -0.697. The number of piperidine rings is 1. The molecule has 1 unspecified atom stereocenters. The maximum atomic E-state index is 15.8. The van der Waals surface area contributed by atoms with Gasteiger partial charge in [0.1, 0.15) is 17.4 Å². The number of nitrogens with two attached hydrogens (primary N) is 1. The van der Waals surface area contributed by atoms with Crippen LogP contribution < -0.4 is 10.5 Å². The number of carbonyl (C=O) groups excluding carboxylic acids is 2. The summed E-state index contributed by atoms with van der Waals surface area (Å²) in [7, 11) is 0. The lowest BCUT2D eigenvalue weighted by Gasteiger charge is -2.39. The van der Waals surface area contributed by atoms with Gasteiger partial charge in [-0.3, -0.25) is 14.5 Å². The van der Waals surface area contributed by atoms with E-state index in [1.165, 1.54) is 24.0 Å². The van der Waals surface area contributed by atoms with Gasteiger partial charge in [0.15, 0.2) is 5.78 Å². The van der Waals surface area contributed by atoms with Gasteiger partial charge in [0.2, 0.25) is 11.9 Å². The van der Waals surface area contributed by atoms with Gasteiger partial charge in [0.05, 0.1) is 24.1 Å². The lowest BCUT2D eigenvalue weighted by molar-refractivity contribution is -0.132. The van der Waals surface area contributed by atoms with Crippen LogP contribution in [0.25, 0.3) is 5.57 Å². The van der Waals surface area contributed by atoms with Crippen molar-refractivity contribution in [2.75, 3.05) is 19.7 Å². The number of benzene rings is 1. The summed E-state index contributed by atoms with van der Waals surface area (Å²) >= 11 is 0. The number of amidine groups is 1. The summed E-state index contributed by atoms with van der Waals surface area (Å²) in [6, 6.07) is 2.67. The van der Waals surface area contributed by atoms with E-state index in [4.69, 9.17) is 10.5 Å². The molecule has 2 atom stereocenters. The van der Waals surface area contributed by atoms with Gasteiger partial charge in [0.25, 0.3) is 0 Å². The number of ketones is 1. The van der Waals surface area contributed by atoms with Crippen molar-refractivity contribution in [3.63, 3.8) is 0 Å². The maximum Gasteiger partial charge on any atom is 0.222 e. The molecule has 2 N–H and O–H groups in total. The van der Waals surface area contributed by atoms with Gasteiger partial charge >= 0.3 is 0 Å². The van der Waals surface area contributed by atoms with Gasteiger partial charge in [-0.2, -0.15) is 4.39 Å². The summed E-state index contributed by atoms with van der Waals surface area (Å²) in [5, 5.41) is 0. The minimum absolute atomic E-state index is 0.0117. The predicted molar refractivity (Wildman–Crippen MR) is 145 cm³/mol. The van der Waals surface area contributed by atoms with E-state index in [1.54, 1.807) is 11.8 Å². The maximum absolute atomic E-state index is 15.8. The fourth-order valence-electron chi connectivity index (χ4n) is 5.00. The molecule has 0 spiro atoms. The minimum Gasteiger partial charge on any atom is -0.493 e. The van der Waals surface area contributed by atoms with Gasteiger partial charge in [-0.15, -0.1) is 0 Å². The lowest BCUT2D eigenvalue weighted by atomic mass is 9.86. The molecule has 7 nitrogen and oxygen atoms in total. The van der Waals surface area contributed by atoms with E-state index < -0.39 is 11.8 Å². The summed E-state index contributed by atoms with van der Waals surface area (Å²) in [5.41, 5.74) is 7.69. The third-order valence-corrected chi connectivity index (χ3v) is 7.22. The van der Waals surface area contributed by atoms with Crippen molar-refractivity contribution in [1.82, 2.24) is 9.80 Å². The molecule has 38 heavy (non-hydrogen) atoms. The zero-order valence-electron chi connectivity index (χ0n) is 22.9. The molecule has 206 valence electrons. The Morgan fingerprint density at radius 1 is 1.26 bits per heavy atom. The molecule has 1 amide bonds. The Morgan fingerprint density at radius 2 is 1.97 bits per heavy atom. The first kappa shape index (κ1) is 29.1. The highest BCUT2D eigenvalue weighted by molar-refractivity contribution is 6.06. The Hall–Kier alpha value is -3.49. The first-order valence-corrected chi connectivity index (χ1v) is 13.2. The summed E-state index contributed by atoms with van der Waals surface area (Å²) in [6.07, 6.45) is 3.46. The van der Waals surface area contributed by atoms with Crippen LogP contribution in [0.15, 0.2) is 47.2 Å². The number of Topliss-reactive ketones (excluding diaryl/α,β-unsaturated/α-hetero) is 1. The van der Waals surface area contributed by atoms with Crippen molar-refractivity contribution in [1.29, 1.82) is 0 Å². The molecule has 2 heterocycles. The standard InChI is InChI=1S/C29H38F2N4O3/c1-7-17(4)26(27-22(30)13-21(19(6)36)14-23(27)38-9-3)28-29(32)33-15-24(31)35(28)18(5)20-11-10-12-34(16-20)25(37)8-2/h13-15,17,20H,5,7-12,16H2,1-4,6H3,(H2,32,33)/b28-26+/t17-,20?/m1/s1. The van der Waals surface area contributed by atoms with Gasteiger partial charge < -0.3 is 15.4 Å². The van der Waals surface area contributed by atoms with E-state index in [2.05, 4.69) is 11.6 Å². The van der Waals surface area contributed by atoms with Crippen molar-refractivity contribution in [3.8, 4) is 5.75 Å². The number of nitrogens with zero attached hydrogens (tertiary/aromatic N) is 3. The van der Waals surface area contributed by atoms with Crippen molar-refractivity contribution in [2.24, 2.45) is 22.6 Å². The number of hydrogen-bond acceptors (Lipinski definition) is 6. The zero-order chi connectivity index (χ0) is 28.1. The first-order valence-electron chi connectivity index (χ1n) is 13.2. The topological polar surface area (TPSA) is 88.2 Å². The molecule has 9 heteroatoms. The van der Waals surface area contributed by atoms with Gasteiger partial charge in [-0.25, -0.2) is 9.38 Å². The quantitative estimate of drug-likeness (QED) is 0.324. The molecule has 0 saturated carbocycles. The molecule has 1 aromatic rings. The number of carbonyl (C=O) groups is 2. The second-order valence-corrected chi connectivity index (χ2v) is 9.72. The molecule has 0 aliphatic carbocycles. The van der Waals surface area contributed by atoms with Gasteiger partial charge in [-0.05, 0) is 56.7 Å². The Bertz CT molecular complexity index is 1200. The zero-order valence-corrected chi connectivity index (χ0v) is 22.9. The number of aliphatic imine (C=N–C) groups is 1. The van der Waals surface area contributed by atoms with Crippen molar-refractivity contribution in [2.45, 2.75) is 60.3 Å². The average molecular weight is 529 g/mol. The van der Waals surface area contributed by atoms with Gasteiger partial charge in [-0.1, -0.05) is 27.4 Å². The molecule has 1 saturated heterocycles. The van der Waals surface area contributed by atoms with Gasteiger partial charge in [0, 0.05) is 36.7 Å². The van der Waals surface area contributed by atoms with E-state index in [0.29, 0.717) is 43.6 Å². The molecule has 1 fully saturated rings. The smallest absolute Gasteiger partial charge is 0.222 e.